The van der Waals surface area contributed by atoms with E-state index in [9.17, 15) is 4.79 Å². The number of amides is 1. The molecule has 1 aliphatic heterocycles. The lowest BCUT2D eigenvalue weighted by atomic mass is 9.82. The summed E-state index contributed by atoms with van der Waals surface area (Å²) >= 11 is 0. The summed E-state index contributed by atoms with van der Waals surface area (Å²) in [6.07, 6.45) is 7.49. The van der Waals surface area contributed by atoms with Gasteiger partial charge in [0.2, 0.25) is 5.91 Å². The Morgan fingerprint density at radius 3 is 2.79 bits per heavy atom. The van der Waals surface area contributed by atoms with Crippen LogP contribution in [0.25, 0.3) is 0 Å². The predicted octanol–water partition coefficient (Wildman–Crippen LogP) is 1.70. The fraction of sp³-hybridized carbons (Fsp3) is 0.933. The summed E-state index contributed by atoms with van der Waals surface area (Å²) in [4.78, 5) is 11.8. The van der Waals surface area contributed by atoms with Gasteiger partial charge in [-0.25, -0.2) is 0 Å². The molecule has 0 aromatic rings. The van der Waals surface area contributed by atoms with Crippen LogP contribution in [0.5, 0.6) is 0 Å². The second-order valence-electron chi connectivity index (χ2n) is 6.20. The van der Waals surface area contributed by atoms with Gasteiger partial charge < -0.3 is 15.4 Å². The second kappa shape index (κ2) is 7.85. The monoisotopic (exact) mass is 268 g/mol. The van der Waals surface area contributed by atoms with Crippen LogP contribution in [0.3, 0.4) is 0 Å². The molecular formula is C15H28N2O2. The van der Waals surface area contributed by atoms with Gasteiger partial charge in [-0.15, -0.1) is 0 Å². The van der Waals surface area contributed by atoms with Gasteiger partial charge in [-0.05, 0) is 50.6 Å². The molecule has 4 heteroatoms. The van der Waals surface area contributed by atoms with Crippen LogP contribution >= 0.6 is 0 Å². The average molecular weight is 268 g/mol. The van der Waals surface area contributed by atoms with Crippen molar-refractivity contribution in [3.05, 3.63) is 0 Å². The predicted molar refractivity (Wildman–Crippen MR) is 76.0 cm³/mol. The van der Waals surface area contributed by atoms with E-state index in [0.29, 0.717) is 5.92 Å². The highest BCUT2D eigenvalue weighted by Gasteiger charge is 2.20. The van der Waals surface area contributed by atoms with Gasteiger partial charge in [-0.3, -0.25) is 4.79 Å². The van der Waals surface area contributed by atoms with Crippen molar-refractivity contribution in [2.24, 2.45) is 11.8 Å². The topological polar surface area (TPSA) is 50.4 Å². The molecule has 0 spiro atoms. The second-order valence-corrected chi connectivity index (χ2v) is 6.20. The Morgan fingerprint density at radius 1 is 1.26 bits per heavy atom. The summed E-state index contributed by atoms with van der Waals surface area (Å²) in [5.41, 5.74) is 0. The number of ether oxygens (including phenoxy) is 1. The molecular weight excluding hydrogens is 240 g/mol. The largest absolute Gasteiger partial charge is 0.368 e. The molecule has 2 unspecified atom stereocenters. The lowest BCUT2D eigenvalue weighted by Crippen LogP contribution is -2.37. The fourth-order valence-electron chi connectivity index (χ4n) is 3.21. The smallest absolute Gasteiger partial charge is 0.246 e. The number of piperidine rings is 1. The zero-order valence-electron chi connectivity index (χ0n) is 12.1. The van der Waals surface area contributed by atoms with E-state index in [4.69, 9.17) is 4.74 Å². The Kier molecular flexibility index (Phi) is 6.11. The van der Waals surface area contributed by atoms with Crippen molar-refractivity contribution >= 4 is 5.91 Å². The van der Waals surface area contributed by atoms with Crippen molar-refractivity contribution in [1.82, 2.24) is 10.6 Å². The third-order valence-corrected chi connectivity index (χ3v) is 4.37. The van der Waals surface area contributed by atoms with E-state index < -0.39 is 0 Å². The maximum absolute atomic E-state index is 11.8. The minimum absolute atomic E-state index is 0.0526. The zero-order valence-corrected chi connectivity index (χ0v) is 12.1. The molecule has 1 aliphatic carbocycles. The van der Waals surface area contributed by atoms with Gasteiger partial charge in [0.25, 0.3) is 0 Å². The van der Waals surface area contributed by atoms with Crippen molar-refractivity contribution in [3.63, 3.8) is 0 Å². The molecule has 0 bridgehead atoms. The maximum atomic E-state index is 11.8. The molecule has 2 rings (SSSR count). The highest BCUT2D eigenvalue weighted by Crippen LogP contribution is 2.27. The standard InChI is InChI=1S/C15H28N2O2/c1-12-3-2-4-13(9-12)10-17-15(18)11-19-14-5-7-16-8-6-14/h12-14,16H,2-11H2,1H3,(H,17,18). The first-order valence-corrected chi connectivity index (χ1v) is 7.83. The Labute approximate surface area is 116 Å². The Hall–Kier alpha value is -0.610. The molecule has 19 heavy (non-hydrogen) atoms. The first-order chi connectivity index (χ1) is 9.24. The SMILES string of the molecule is CC1CCCC(CNC(=O)COC2CCNCC2)C1. The minimum atomic E-state index is 0.0526. The molecule has 1 saturated heterocycles. The number of carbonyl (C=O) groups excluding carboxylic acids is 1. The van der Waals surface area contributed by atoms with Gasteiger partial charge in [0, 0.05) is 6.54 Å². The van der Waals surface area contributed by atoms with E-state index in [0.717, 1.165) is 38.4 Å². The molecule has 1 heterocycles. The zero-order chi connectivity index (χ0) is 13.5. The van der Waals surface area contributed by atoms with Crippen LogP contribution in [0.15, 0.2) is 0 Å². The van der Waals surface area contributed by atoms with Crippen LogP contribution in [0, 0.1) is 11.8 Å². The number of carbonyl (C=O) groups is 1. The summed E-state index contributed by atoms with van der Waals surface area (Å²) < 4.78 is 5.65. The van der Waals surface area contributed by atoms with Crippen molar-refractivity contribution in [2.75, 3.05) is 26.2 Å². The Balaban J connectivity index is 1.56. The number of nitrogens with one attached hydrogen (secondary N) is 2. The minimum Gasteiger partial charge on any atom is -0.368 e. The van der Waals surface area contributed by atoms with Gasteiger partial charge in [-0.2, -0.15) is 0 Å². The normalized spacial score (nSPS) is 29.1. The van der Waals surface area contributed by atoms with Gasteiger partial charge >= 0.3 is 0 Å². The van der Waals surface area contributed by atoms with E-state index in [1.165, 1.54) is 25.7 Å². The lowest BCUT2D eigenvalue weighted by Gasteiger charge is -2.27. The average Bonchev–Trinajstić information content (AvgIpc) is 2.44. The fourth-order valence-corrected chi connectivity index (χ4v) is 3.21. The molecule has 4 nitrogen and oxygen atoms in total. The van der Waals surface area contributed by atoms with E-state index >= 15 is 0 Å². The number of rotatable bonds is 5. The van der Waals surface area contributed by atoms with Crippen LogP contribution in [-0.4, -0.2) is 38.3 Å². The third kappa shape index (κ3) is 5.49. The van der Waals surface area contributed by atoms with E-state index in [-0.39, 0.29) is 18.6 Å². The Bertz CT molecular complexity index is 277. The third-order valence-electron chi connectivity index (χ3n) is 4.37. The van der Waals surface area contributed by atoms with Gasteiger partial charge in [0.15, 0.2) is 0 Å². The molecule has 2 atom stereocenters. The van der Waals surface area contributed by atoms with Crippen LogP contribution in [0.4, 0.5) is 0 Å². The van der Waals surface area contributed by atoms with E-state index in [1.807, 2.05) is 0 Å². The van der Waals surface area contributed by atoms with Gasteiger partial charge in [-0.1, -0.05) is 19.8 Å². The number of hydrogen-bond donors (Lipinski definition) is 2. The van der Waals surface area contributed by atoms with Crippen LogP contribution < -0.4 is 10.6 Å². The summed E-state index contributed by atoms with van der Waals surface area (Å²) in [5, 5.41) is 6.33. The first kappa shape index (κ1) is 14.8. The van der Waals surface area contributed by atoms with Crippen LogP contribution in [0.1, 0.15) is 45.4 Å². The van der Waals surface area contributed by atoms with E-state index in [1.54, 1.807) is 0 Å². The highest BCUT2D eigenvalue weighted by molar-refractivity contribution is 5.77. The molecule has 0 radical (unpaired) electrons. The lowest BCUT2D eigenvalue weighted by molar-refractivity contribution is -0.128. The number of hydrogen-bond acceptors (Lipinski definition) is 3. The molecule has 1 saturated carbocycles. The molecule has 110 valence electrons. The van der Waals surface area contributed by atoms with Gasteiger partial charge in [0.1, 0.15) is 6.61 Å². The van der Waals surface area contributed by atoms with E-state index in [2.05, 4.69) is 17.6 Å². The molecule has 1 amide bonds. The van der Waals surface area contributed by atoms with Crippen molar-refractivity contribution in [2.45, 2.75) is 51.6 Å². The molecule has 0 aromatic heterocycles. The summed E-state index contributed by atoms with van der Waals surface area (Å²) in [5.74, 6) is 1.55. The maximum Gasteiger partial charge on any atom is 0.246 e. The van der Waals surface area contributed by atoms with Crippen LogP contribution in [0.2, 0.25) is 0 Å². The van der Waals surface area contributed by atoms with Gasteiger partial charge in [0.05, 0.1) is 6.10 Å². The van der Waals surface area contributed by atoms with Crippen LogP contribution in [-0.2, 0) is 9.53 Å². The summed E-state index contributed by atoms with van der Waals surface area (Å²) in [6, 6.07) is 0. The Morgan fingerprint density at radius 2 is 2.05 bits per heavy atom. The highest BCUT2D eigenvalue weighted by atomic mass is 16.5. The molecule has 2 fully saturated rings. The van der Waals surface area contributed by atoms with Crippen molar-refractivity contribution < 1.29 is 9.53 Å². The molecule has 2 aliphatic rings. The van der Waals surface area contributed by atoms with Crippen molar-refractivity contribution in [3.8, 4) is 0 Å². The molecule has 0 aromatic carbocycles. The first-order valence-electron chi connectivity index (χ1n) is 7.83. The summed E-state index contributed by atoms with van der Waals surface area (Å²) in [6.45, 7) is 5.39. The summed E-state index contributed by atoms with van der Waals surface area (Å²) in [7, 11) is 0. The quantitative estimate of drug-likeness (QED) is 0.798. The van der Waals surface area contributed by atoms with Crippen molar-refractivity contribution in [1.29, 1.82) is 0 Å². The molecule has 2 N–H and O–H groups in total.